The van der Waals surface area contributed by atoms with Crippen molar-refractivity contribution in [1.29, 1.82) is 10.5 Å². The van der Waals surface area contributed by atoms with Gasteiger partial charge in [0.25, 0.3) is 0 Å². The average Bonchev–Trinajstić information content (AvgIpc) is 2.74. The van der Waals surface area contributed by atoms with Crippen LogP contribution < -0.4 is 0 Å². The molecule has 0 amide bonds. The van der Waals surface area contributed by atoms with Crippen molar-refractivity contribution in [3.63, 3.8) is 0 Å². The average molecular weight is 206 g/mol. The quantitative estimate of drug-likeness (QED) is 0.718. The van der Waals surface area contributed by atoms with Gasteiger partial charge < -0.3 is 4.57 Å². The van der Waals surface area contributed by atoms with Crippen molar-refractivity contribution in [3.8, 4) is 23.4 Å². The largest absolute Gasteiger partial charge is 0.342 e. The van der Waals surface area contributed by atoms with Crippen molar-refractivity contribution in [2.75, 3.05) is 0 Å². The summed E-state index contributed by atoms with van der Waals surface area (Å²) in [5.74, 6) is 0. The van der Waals surface area contributed by atoms with Crippen LogP contribution in [-0.4, -0.2) is 4.57 Å². The fourth-order valence-corrected chi connectivity index (χ4v) is 1.66. The lowest BCUT2D eigenvalue weighted by Crippen LogP contribution is -1.94. The minimum absolute atomic E-state index is 0.404. The van der Waals surface area contributed by atoms with E-state index in [0.29, 0.717) is 11.1 Å². The second-order valence-electron chi connectivity index (χ2n) is 3.36. The summed E-state index contributed by atoms with van der Waals surface area (Å²) in [5, 5.41) is 18.0. The molecule has 0 unspecified atom stereocenters. The van der Waals surface area contributed by atoms with Gasteiger partial charge in [-0.15, -0.1) is 0 Å². The van der Waals surface area contributed by atoms with Gasteiger partial charge >= 0.3 is 0 Å². The summed E-state index contributed by atoms with van der Waals surface area (Å²) < 4.78 is 1.80. The predicted octanol–water partition coefficient (Wildman–Crippen LogP) is 2.24. The zero-order valence-electron chi connectivity index (χ0n) is 8.73. The fraction of sp³-hybridized carbons (Fsp3) is 0.0769. The summed E-state index contributed by atoms with van der Waals surface area (Å²) >= 11 is 0. The molecule has 0 saturated carbocycles. The Hall–Kier alpha value is -2.52. The van der Waals surface area contributed by atoms with Gasteiger partial charge in [0.1, 0.15) is 12.1 Å². The molecule has 0 aliphatic heterocycles. The van der Waals surface area contributed by atoms with Crippen molar-refractivity contribution in [2.24, 2.45) is 7.05 Å². The minimum Gasteiger partial charge on any atom is -0.342 e. The Kier molecular flexibility index (Phi) is 2.45. The predicted molar refractivity (Wildman–Crippen MR) is 59.1 cm³/mol. The minimum atomic E-state index is 0.404. The van der Waals surface area contributed by atoms with E-state index in [1.54, 1.807) is 22.8 Å². The molecule has 0 bridgehead atoms. The zero-order chi connectivity index (χ0) is 11.5. The van der Waals surface area contributed by atoms with Crippen LogP contribution >= 0.6 is 0 Å². The molecule has 0 N–H and O–H groups in total. The standard InChI is InChI=1S/C13H8N3/c1-16-7-3-6-13(16)11-5-2-4-10(8-14)12(11)9-15/h2-6H,1H3. The van der Waals surface area contributed by atoms with Gasteiger partial charge in [0.15, 0.2) is 0 Å². The molecule has 3 heteroatoms. The molecule has 1 aromatic heterocycles. The molecule has 1 radical (unpaired) electrons. The second-order valence-corrected chi connectivity index (χ2v) is 3.36. The van der Waals surface area contributed by atoms with Crippen molar-refractivity contribution in [3.05, 3.63) is 47.7 Å². The van der Waals surface area contributed by atoms with Crippen LogP contribution in [0.15, 0.2) is 30.3 Å². The highest BCUT2D eigenvalue weighted by atomic mass is 14.9. The van der Waals surface area contributed by atoms with E-state index in [1.165, 1.54) is 0 Å². The number of nitriles is 2. The summed E-state index contributed by atoms with van der Waals surface area (Å²) in [7, 11) is 1.86. The Balaban J connectivity index is 2.73. The summed E-state index contributed by atoms with van der Waals surface area (Å²) in [5.41, 5.74) is 2.47. The maximum Gasteiger partial charge on any atom is 0.101 e. The lowest BCUT2D eigenvalue weighted by Gasteiger charge is -2.06. The first-order valence-electron chi connectivity index (χ1n) is 4.75. The summed E-state index contributed by atoms with van der Waals surface area (Å²) in [6.07, 6.45) is 2.98. The van der Waals surface area contributed by atoms with Gasteiger partial charge in [-0.1, -0.05) is 12.1 Å². The number of benzene rings is 1. The molecule has 0 atom stereocenters. The Morgan fingerprint density at radius 3 is 2.56 bits per heavy atom. The van der Waals surface area contributed by atoms with Gasteiger partial charge in [-0.3, -0.25) is 0 Å². The van der Waals surface area contributed by atoms with Crippen LogP contribution in [-0.2, 0) is 7.05 Å². The van der Waals surface area contributed by atoms with E-state index in [4.69, 9.17) is 10.5 Å². The van der Waals surface area contributed by atoms with Gasteiger partial charge in [-0.05, 0) is 18.2 Å². The highest BCUT2D eigenvalue weighted by Crippen LogP contribution is 2.25. The lowest BCUT2D eigenvalue weighted by molar-refractivity contribution is 0.928. The van der Waals surface area contributed by atoms with E-state index in [9.17, 15) is 0 Å². The molecule has 0 saturated heterocycles. The highest BCUT2D eigenvalue weighted by molar-refractivity contribution is 5.71. The fourth-order valence-electron chi connectivity index (χ4n) is 1.66. The first-order chi connectivity index (χ1) is 7.77. The molecule has 75 valence electrons. The number of hydrogen-bond acceptors (Lipinski definition) is 2. The second kappa shape index (κ2) is 3.92. The van der Waals surface area contributed by atoms with Gasteiger partial charge in [0.2, 0.25) is 0 Å². The van der Waals surface area contributed by atoms with Gasteiger partial charge in [-0.25, -0.2) is 0 Å². The van der Waals surface area contributed by atoms with Crippen LogP contribution in [0, 0.1) is 28.9 Å². The Bertz CT molecular complexity index is 609. The van der Waals surface area contributed by atoms with Crippen LogP contribution in [0.25, 0.3) is 11.3 Å². The molecule has 2 aromatic rings. The molecule has 0 spiro atoms. The Morgan fingerprint density at radius 2 is 2.00 bits per heavy atom. The van der Waals surface area contributed by atoms with E-state index in [0.717, 1.165) is 11.3 Å². The molecule has 16 heavy (non-hydrogen) atoms. The molecule has 1 aromatic carbocycles. The van der Waals surface area contributed by atoms with E-state index in [2.05, 4.69) is 12.3 Å². The summed E-state index contributed by atoms with van der Waals surface area (Å²) in [6, 6.07) is 13.0. The zero-order valence-corrected chi connectivity index (χ0v) is 8.73. The first-order valence-corrected chi connectivity index (χ1v) is 4.75. The van der Waals surface area contributed by atoms with E-state index in [1.807, 2.05) is 25.2 Å². The molecule has 0 fully saturated rings. The Labute approximate surface area is 93.8 Å². The monoisotopic (exact) mass is 206 g/mol. The number of rotatable bonds is 1. The summed E-state index contributed by atoms with van der Waals surface area (Å²) in [6.45, 7) is 0. The topological polar surface area (TPSA) is 52.5 Å². The molecule has 3 nitrogen and oxygen atoms in total. The molecule has 2 rings (SSSR count). The van der Waals surface area contributed by atoms with Crippen LogP contribution in [0.1, 0.15) is 11.1 Å². The maximum absolute atomic E-state index is 9.10. The van der Waals surface area contributed by atoms with Crippen LogP contribution in [0.2, 0.25) is 0 Å². The van der Waals surface area contributed by atoms with Crippen molar-refractivity contribution >= 4 is 0 Å². The van der Waals surface area contributed by atoms with Crippen molar-refractivity contribution in [2.45, 2.75) is 0 Å². The highest BCUT2D eigenvalue weighted by Gasteiger charge is 2.11. The number of aryl methyl sites for hydroxylation is 1. The van der Waals surface area contributed by atoms with Gasteiger partial charge in [0, 0.05) is 18.3 Å². The van der Waals surface area contributed by atoms with Crippen LogP contribution in [0.4, 0.5) is 0 Å². The molecule has 1 heterocycles. The first kappa shape index (κ1) is 10.0. The smallest absolute Gasteiger partial charge is 0.101 e. The van der Waals surface area contributed by atoms with E-state index < -0.39 is 0 Å². The van der Waals surface area contributed by atoms with Gasteiger partial charge in [0.05, 0.1) is 17.3 Å². The SMILES string of the molecule is Cn1[c]ccc1-c1cccc(C#N)c1C#N. The molecular weight excluding hydrogens is 198 g/mol. The third kappa shape index (κ3) is 1.45. The molecular formula is C13H8N3. The normalized spacial score (nSPS) is 9.44. The third-order valence-electron chi connectivity index (χ3n) is 2.44. The van der Waals surface area contributed by atoms with E-state index >= 15 is 0 Å². The third-order valence-corrected chi connectivity index (χ3v) is 2.44. The van der Waals surface area contributed by atoms with Crippen LogP contribution in [0.3, 0.4) is 0 Å². The summed E-state index contributed by atoms with van der Waals surface area (Å²) in [4.78, 5) is 0. The van der Waals surface area contributed by atoms with Crippen LogP contribution in [0.5, 0.6) is 0 Å². The number of hydrogen-bond donors (Lipinski definition) is 0. The molecule has 0 aliphatic carbocycles. The number of nitrogens with zero attached hydrogens (tertiary/aromatic N) is 3. The number of aromatic nitrogens is 1. The molecule has 0 aliphatic rings. The maximum atomic E-state index is 9.10. The van der Waals surface area contributed by atoms with Crippen molar-refractivity contribution < 1.29 is 0 Å². The Morgan fingerprint density at radius 1 is 1.19 bits per heavy atom. The van der Waals surface area contributed by atoms with Crippen molar-refractivity contribution in [1.82, 2.24) is 4.57 Å². The van der Waals surface area contributed by atoms with E-state index in [-0.39, 0.29) is 0 Å². The van der Waals surface area contributed by atoms with Gasteiger partial charge in [-0.2, -0.15) is 10.5 Å². The lowest BCUT2D eigenvalue weighted by atomic mass is 10.0.